The number of fused-ring (bicyclic) bond motifs is 1. The molecule has 150 valence electrons. The highest BCUT2D eigenvalue weighted by molar-refractivity contribution is 6.42. The van der Waals surface area contributed by atoms with Crippen molar-refractivity contribution in [2.24, 2.45) is 17.6 Å². The van der Waals surface area contributed by atoms with Crippen LogP contribution in [0.15, 0.2) is 18.2 Å². The van der Waals surface area contributed by atoms with Crippen LogP contribution in [0.2, 0.25) is 10.0 Å². The predicted molar refractivity (Wildman–Crippen MR) is 98.9 cm³/mol. The highest BCUT2D eigenvalue weighted by Gasteiger charge is 2.85. The van der Waals surface area contributed by atoms with Crippen molar-refractivity contribution in [3.05, 3.63) is 33.8 Å². The summed E-state index contributed by atoms with van der Waals surface area (Å²) in [6.07, 6.45) is -0.924. The van der Waals surface area contributed by atoms with Gasteiger partial charge in [-0.15, -0.1) is 12.4 Å². The van der Waals surface area contributed by atoms with Crippen LogP contribution in [0.25, 0.3) is 0 Å². The molecule has 0 heterocycles. The molecule has 10 heteroatoms. The van der Waals surface area contributed by atoms with Crippen LogP contribution in [0.1, 0.15) is 18.9 Å². The molecule has 1 aromatic rings. The van der Waals surface area contributed by atoms with Crippen LogP contribution in [0.5, 0.6) is 0 Å². The van der Waals surface area contributed by atoms with Crippen LogP contribution < -0.4 is 5.73 Å². The zero-order valence-electron chi connectivity index (χ0n) is 14.3. The fourth-order valence-electron chi connectivity index (χ4n) is 3.86. The Balaban J connectivity index is 0.00000261. The molecule has 0 spiro atoms. The van der Waals surface area contributed by atoms with Gasteiger partial charge in [-0.25, -0.2) is 9.18 Å². The molecule has 0 saturated heterocycles. The van der Waals surface area contributed by atoms with Crippen LogP contribution in [0.4, 0.5) is 4.39 Å². The Labute approximate surface area is 171 Å². The van der Waals surface area contributed by atoms with E-state index in [1.165, 1.54) is 0 Å². The molecule has 27 heavy (non-hydrogen) atoms. The Hall–Kier alpha value is -1.12. The first kappa shape index (κ1) is 22.2. The second-order valence-corrected chi connectivity index (χ2v) is 7.41. The number of ether oxygens (including phenoxy) is 2. The van der Waals surface area contributed by atoms with E-state index in [1.807, 2.05) is 0 Å². The average Bonchev–Trinajstić information content (AvgIpc) is 3.05. The summed E-state index contributed by atoms with van der Waals surface area (Å²) in [4.78, 5) is 23.7. The lowest BCUT2D eigenvalue weighted by atomic mass is 9.88. The Morgan fingerprint density at radius 1 is 1.37 bits per heavy atom. The van der Waals surface area contributed by atoms with Gasteiger partial charge in [-0.05, 0) is 31.0 Å². The van der Waals surface area contributed by atoms with E-state index in [0.29, 0.717) is 15.6 Å². The minimum Gasteiger partial charge on any atom is -0.480 e. The SMILES string of the molecule is CCOC(=O)[C@]1(F)C2[C@H]1C[C@@H](OCc1ccc(Cl)c(Cl)c1)[C@@]2(N)C(=O)O.Cl. The van der Waals surface area contributed by atoms with Gasteiger partial charge in [-0.1, -0.05) is 29.3 Å². The fraction of sp³-hybridized carbons (Fsp3) is 0.529. The van der Waals surface area contributed by atoms with E-state index in [1.54, 1.807) is 25.1 Å². The van der Waals surface area contributed by atoms with Gasteiger partial charge in [0.1, 0.15) is 5.54 Å². The predicted octanol–water partition coefficient (Wildman–Crippen LogP) is 3.00. The van der Waals surface area contributed by atoms with E-state index in [-0.39, 0.29) is 32.0 Å². The third-order valence-corrected chi connectivity index (χ3v) is 5.93. The maximum absolute atomic E-state index is 15.0. The number of aliphatic carboxylic acids is 1. The van der Waals surface area contributed by atoms with Crippen molar-refractivity contribution >= 4 is 47.5 Å². The highest BCUT2D eigenvalue weighted by Crippen LogP contribution is 2.67. The van der Waals surface area contributed by atoms with Gasteiger partial charge in [0.15, 0.2) is 0 Å². The minimum absolute atomic E-state index is 0. The highest BCUT2D eigenvalue weighted by atomic mass is 35.5. The molecule has 5 atom stereocenters. The molecule has 0 bridgehead atoms. The summed E-state index contributed by atoms with van der Waals surface area (Å²) in [6.45, 7) is 1.59. The summed E-state index contributed by atoms with van der Waals surface area (Å²) in [5, 5.41) is 10.3. The number of halogens is 4. The Morgan fingerprint density at radius 3 is 2.59 bits per heavy atom. The van der Waals surface area contributed by atoms with Crippen LogP contribution in [0, 0.1) is 11.8 Å². The molecule has 2 aliphatic rings. The fourth-order valence-corrected chi connectivity index (χ4v) is 4.18. The third kappa shape index (κ3) is 3.40. The van der Waals surface area contributed by atoms with Gasteiger partial charge in [-0.3, -0.25) is 4.79 Å². The number of rotatable bonds is 6. The van der Waals surface area contributed by atoms with E-state index >= 15 is 0 Å². The van der Waals surface area contributed by atoms with Crippen molar-refractivity contribution in [2.75, 3.05) is 6.61 Å². The van der Waals surface area contributed by atoms with Crippen molar-refractivity contribution in [1.29, 1.82) is 0 Å². The summed E-state index contributed by atoms with van der Waals surface area (Å²) in [7, 11) is 0. The van der Waals surface area contributed by atoms with Crippen molar-refractivity contribution < 1.29 is 28.6 Å². The standard InChI is InChI=1S/C17H18Cl2FNO5.ClH/c1-2-25-15(24)16(20)9-6-12(17(21,13(9)16)14(22)23)26-7-8-3-4-10(18)11(19)5-8;/h3-5,9,12-13H,2,6-7,21H2,1H3,(H,22,23);1H/t9-,12-,13?,16-,17+;/m1./s1. The number of carboxylic acid groups (broad SMARTS) is 1. The van der Waals surface area contributed by atoms with Crippen molar-refractivity contribution in [3.8, 4) is 0 Å². The van der Waals surface area contributed by atoms with E-state index in [4.69, 9.17) is 38.4 Å². The van der Waals surface area contributed by atoms with Gasteiger partial charge in [0, 0.05) is 11.8 Å². The van der Waals surface area contributed by atoms with Crippen molar-refractivity contribution in [3.63, 3.8) is 0 Å². The third-order valence-electron chi connectivity index (χ3n) is 5.19. The molecular formula is C17H19Cl3FNO5. The van der Waals surface area contributed by atoms with Gasteiger partial charge in [0.25, 0.3) is 0 Å². The molecule has 2 aliphatic carbocycles. The maximum atomic E-state index is 15.0. The lowest BCUT2D eigenvalue weighted by Crippen LogP contribution is -2.60. The molecule has 3 rings (SSSR count). The summed E-state index contributed by atoms with van der Waals surface area (Å²) in [5.74, 6) is -4.48. The zero-order chi connectivity index (χ0) is 19.3. The molecular weight excluding hydrogens is 424 g/mol. The van der Waals surface area contributed by atoms with E-state index in [0.717, 1.165) is 0 Å². The van der Waals surface area contributed by atoms with Gasteiger partial charge < -0.3 is 20.3 Å². The van der Waals surface area contributed by atoms with Crippen molar-refractivity contribution in [2.45, 2.75) is 37.3 Å². The number of esters is 1. The quantitative estimate of drug-likeness (QED) is 0.657. The lowest BCUT2D eigenvalue weighted by Gasteiger charge is -2.32. The maximum Gasteiger partial charge on any atom is 0.344 e. The van der Waals surface area contributed by atoms with E-state index < -0.39 is 41.1 Å². The zero-order valence-corrected chi connectivity index (χ0v) is 16.6. The van der Waals surface area contributed by atoms with Crippen LogP contribution in [-0.4, -0.2) is 41.0 Å². The average molecular weight is 443 g/mol. The molecule has 1 unspecified atom stereocenters. The largest absolute Gasteiger partial charge is 0.480 e. The molecule has 0 aromatic heterocycles. The minimum atomic E-state index is -2.37. The van der Waals surface area contributed by atoms with Gasteiger partial charge >= 0.3 is 11.9 Å². The number of carbonyl (C=O) groups excluding carboxylic acids is 1. The Bertz CT molecular complexity index is 766. The number of alkyl halides is 1. The van der Waals surface area contributed by atoms with Crippen LogP contribution in [0.3, 0.4) is 0 Å². The number of carbonyl (C=O) groups is 2. The molecule has 0 aliphatic heterocycles. The number of nitrogens with two attached hydrogens (primary N) is 1. The smallest absolute Gasteiger partial charge is 0.344 e. The molecule has 2 saturated carbocycles. The second kappa shape index (κ2) is 7.72. The summed E-state index contributed by atoms with van der Waals surface area (Å²) in [6, 6.07) is 4.87. The van der Waals surface area contributed by atoms with Gasteiger partial charge in [-0.2, -0.15) is 0 Å². The van der Waals surface area contributed by atoms with E-state index in [9.17, 15) is 19.1 Å². The van der Waals surface area contributed by atoms with E-state index in [2.05, 4.69) is 0 Å². The first-order valence-corrected chi connectivity index (χ1v) is 8.86. The van der Waals surface area contributed by atoms with Crippen LogP contribution in [-0.2, 0) is 25.7 Å². The molecule has 3 N–H and O–H groups in total. The Kier molecular flexibility index (Phi) is 6.34. The van der Waals surface area contributed by atoms with Crippen molar-refractivity contribution in [1.82, 2.24) is 0 Å². The number of hydrogen-bond donors (Lipinski definition) is 2. The molecule has 0 amide bonds. The lowest BCUT2D eigenvalue weighted by molar-refractivity contribution is -0.159. The number of carboxylic acids is 1. The molecule has 2 fully saturated rings. The molecule has 0 radical (unpaired) electrons. The van der Waals surface area contributed by atoms with Gasteiger partial charge in [0.05, 0.1) is 29.4 Å². The number of hydrogen-bond acceptors (Lipinski definition) is 5. The summed E-state index contributed by atoms with van der Waals surface area (Å²) in [5.41, 5.74) is 2.33. The summed E-state index contributed by atoms with van der Waals surface area (Å²) >= 11 is 11.8. The topological polar surface area (TPSA) is 98.9 Å². The first-order chi connectivity index (χ1) is 12.2. The summed E-state index contributed by atoms with van der Waals surface area (Å²) < 4.78 is 25.4. The first-order valence-electron chi connectivity index (χ1n) is 8.11. The monoisotopic (exact) mass is 441 g/mol. The molecule has 6 nitrogen and oxygen atoms in total. The number of benzene rings is 1. The molecule has 1 aromatic carbocycles. The normalized spacial score (nSPS) is 33.7. The van der Waals surface area contributed by atoms with Crippen LogP contribution >= 0.6 is 35.6 Å². The second-order valence-electron chi connectivity index (χ2n) is 6.59. The Morgan fingerprint density at radius 2 is 2.04 bits per heavy atom. The van der Waals surface area contributed by atoms with Gasteiger partial charge in [0.2, 0.25) is 5.67 Å².